The van der Waals surface area contributed by atoms with E-state index in [1.807, 2.05) is 0 Å². The highest BCUT2D eigenvalue weighted by atomic mass is 32.2. The second kappa shape index (κ2) is 5.73. The molecule has 0 aliphatic carbocycles. The minimum Gasteiger partial charge on any atom is -0.346 e. The first-order chi connectivity index (χ1) is 7.81. The minimum absolute atomic E-state index is 0.659. The fraction of sp³-hybridized carbons (Fsp3) is 0.750. The van der Waals surface area contributed by atoms with Gasteiger partial charge in [-0.05, 0) is 50.7 Å². The molecule has 0 radical (unpaired) electrons. The van der Waals surface area contributed by atoms with Crippen LogP contribution in [0.5, 0.6) is 0 Å². The molecule has 0 amide bonds. The first-order valence-electron chi connectivity index (χ1n) is 6.14. The molecule has 1 fully saturated rings. The normalized spacial score (nSPS) is 17.9. The lowest BCUT2D eigenvalue weighted by Gasteiger charge is -2.18. The van der Waals surface area contributed by atoms with Gasteiger partial charge in [-0.3, -0.25) is 0 Å². The second-order valence-corrected chi connectivity index (χ2v) is 5.70. The molecule has 90 valence electrons. The summed E-state index contributed by atoms with van der Waals surface area (Å²) >= 11 is 2.06. The SMILES string of the molecule is Cc1[nH]c(C2CCSCC2)nc1CCCN. The van der Waals surface area contributed by atoms with E-state index >= 15 is 0 Å². The summed E-state index contributed by atoms with van der Waals surface area (Å²) in [5.74, 6) is 4.43. The van der Waals surface area contributed by atoms with Crippen LogP contribution in [0.25, 0.3) is 0 Å². The molecule has 2 heterocycles. The molecule has 0 saturated carbocycles. The van der Waals surface area contributed by atoms with Gasteiger partial charge in [0.15, 0.2) is 0 Å². The molecule has 0 bridgehead atoms. The zero-order valence-corrected chi connectivity index (χ0v) is 10.8. The molecule has 0 aromatic carbocycles. The summed E-state index contributed by atoms with van der Waals surface area (Å²) in [5.41, 5.74) is 7.99. The monoisotopic (exact) mass is 239 g/mol. The number of thioether (sulfide) groups is 1. The highest BCUT2D eigenvalue weighted by molar-refractivity contribution is 7.99. The summed E-state index contributed by atoms with van der Waals surface area (Å²) in [4.78, 5) is 8.21. The molecular formula is C12H21N3S. The largest absolute Gasteiger partial charge is 0.346 e. The third kappa shape index (κ3) is 2.80. The van der Waals surface area contributed by atoms with Crippen LogP contribution >= 0.6 is 11.8 Å². The van der Waals surface area contributed by atoms with Crippen molar-refractivity contribution in [2.75, 3.05) is 18.1 Å². The summed E-state index contributed by atoms with van der Waals surface area (Å²) < 4.78 is 0. The fourth-order valence-electron chi connectivity index (χ4n) is 2.20. The van der Waals surface area contributed by atoms with E-state index in [1.165, 1.54) is 41.6 Å². The zero-order chi connectivity index (χ0) is 11.4. The predicted octanol–water partition coefficient (Wildman–Crippen LogP) is 2.22. The Morgan fingerprint density at radius 1 is 1.44 bits per heavy atom. The summed E-state index contributed by atoms with van der Waals surface area (Å²) in [6.45, 7) is 2.88. The number of nitrogens with one attached hydrogen (secondary N) is 1. The van der Waals surface area contributed by atoms with Crippen LogP contribution < -0.4 is 5.73 Å². The Balaban J connectivity index is 2.03. The molecule has 0 unspecified atom stereocenters. The number of nitrogens with zero attached hydrogens (tertiary/aromatic N) is 1. The van der Waals surface area contributed by atoms with Gasteiger partial charge in [0.2, 0.25) is 0 Å². The Labute approximate surface area is 102 Å². The van der Waals surface area contributed by atoms with E-state index in [4.69, 9.17) is 10.7 Å². The number of aromatic amines is 1. The molecule has 3 N–H and O–H groups in total. The molecule has 0 spiro atoms. The number of aryl methyl sites for hydroxylation is 2. The van der Waals surface area contributed by atoms with E-state index in [0.29, 0.717) is 5.92 Å². The van der Waals surface area contributed by atoms with Gasteiger partial charge in [-0.2, -0.15) is 11.8 Å². The highest BCUT2D eigenvalue weighted by Gasteiger charge is 2.19. The molecule has 1 saturated heterocycles. The third-order valence-electron chi connectivity index (χ3n) is 3.23. The van der Waals surface area contributed by atoms with Gasteiger partial charge < -0.3 is 10.7 Å². The maximum Gasteiger partial charge on any atom is 0.109 e. The van der Waals surface area contributed by atoms with Crippen molar-refractivity contribution in [1.29, 1.82) is 0 Å². The van der Waals surface area contributed by atoms with Crippen molar-refractivity contribution >= 4 is 11.8 Å². The Morgan fingerprint density at radius 3 is 2.88 bits per heavy atom. The first-order valence-corrected chi connectivity index (χ1v) is 7.30. The summed E-state index contributed by atoms with van der Waals surface area (Å²) in [7, 11) is 0. The highest BCUT2D eigenvalue weighted by Crippen LogP contribution is 2.30. The van der Waals surface area contributed by atoms with Crippen molar-refractivity contribution in [3.8, 4) is 0 Å². The lowest BCUT2D eigenvalue weighted by atomic mass is 10.0. The van der Waals surface area contributed by atoms with Gasteiger partial charge in [0.1, 0.15) is 5.82 Å². The molecule has 1 aromatic heterocycles. The molecule has 1 aliphatic heterocycles. The molecule has 2 rings (SSSR count). The summed E-state index contributed by atoms with van der Waals surface area (Å²) in [6.07, 6.45) is 4.59. The van der Waals surface area contributed by atoms with Crippen LogP contribution in [0.4, 0.5) is 0 Å². The lowest BCUT2D eigenvalue weighted by Crippen LogP contribution is -2.09. The van der Waals surface area contributed by atoms with Gasteiger partial charge in [-0.1, -0.05) is 0 Å². The van der Waals surface area contributed by atoms with Crippen molar-refractivity contribution < 1.29 is 0 Å². The van der Waals surface area contributed by atoms with Crippen molar-refractivity contribution in [2.45, 2.75) is 38.5 Å². The molecule has 4 heteroatoms. The molecule has 1 aliphatic rings. The van der Waals surface area contributed by atoms with E-state index in [9.17, 15) is 0 Å². The Bertz CT molecular complexity index is 329. The molecular weight excluding hydrogens is 218 g/mol. The zero-order valence-electron chi connectivity index (χ0n) is 9.96. The van der Waals surface area contributed by atoms with Crippen LogP contribution in [0.15, 0.2) is 0 Å². The first kappa shape index (κ1) is 12.0. The van der Waals surface area contributed by atoms with Crippen molar-refractivity contribution in [3.63, 3.8) is 0 Å². The Kier molecular flexibility index (Phi) is 4.29. The number of hydrogen-bond acceptors (Lipinski definition) is 3. The Hall–Kier alpha value is -0.480. The van der Waals surface area contributed by atoms with Crippen LogP contribution in [-0.2, 0) is 6.42 Å². The number of H-pyrrole nitrogens is 1. The van der Waals surface area contributed by atoms with Crippen molar-refractivity contribution in [3.05, 3.63) is 17.2 Å². The van der Waals surface area contributed by atoms with Gasteiger partial charge in [-0.15, -0.1) is 0 Å². The van der Waals surface area contributed by atoms with Crippen LogP contribution in [-0.4, -0.2) is 28.0 Å². The Morgan fingerprint density at radius 2 is 2.19 bits per heavy atom. The molecule has 3 nitrogen and oxygen atoms in total. The average molecular weight is 239 g/mol. The number of imidazole rings is 1. The quantitative estimate of drug-likeness (QED) is 0.847. The fourth-order valence-corrected chi connectivity index (χ4v) is 3.31. The summed E-state index contributed by atoms with van der Waals surface area (Å²) in [6, 6.07) is 0. The maximum atomic E-state index is 5.54. The maximum absolute atomic E-state index is 5.54. The standard InChI is InChI=1S/C12H21N3S/c1-9-11(3-2-6-13)15-12(14-9)10-4-7-16-8-5-10/h10H,2-8,13H2,1H3,(H,14,15). The lowest BCUT2D eigenvalue weighted by molar-refractivity contribution is 0.603. The van der Waals surface area contributed by atoms with Gasteiger partial charge in [0.25, 0.3) is 0 Å². The van der Waals surface area contributed by atoms with E-state index in [0.717, 1.165) is 19.4 Å². The third-order valence-corrected chi connectivity index (χ3v) is 4.28. The van der Waals surface area contributed by atoms with Gasteiger partial charge in [0, 0.05) is 11.6 Å². The molecule has 1 aromatic rings. The van der Waals surface area contributed by atoms with Crippen molar-refractivity contribution in [1.82, 2.24) is 9.97 Å². The van der Waals surface area contributed by atoms with E-state index in [-0.39, 0.29) is 0 Å². The summed E-state index contributed by atoms with van der Waals surface area (Å²) in [5, 5.41) is 0. The van der Waals surface area contributed by atoms with Gasteiger partial charge in [0.05, 0.1) is 5.69 Å². The van der Waals surface area contributed by atoms with E-state index < -0.39 is 0 Å². The van der Waals surface area contributed by atoms with Crippen molar-refractivity contribution in [2.24, 2.45) is 5.73 Å². The predicted molar refractivity (Wildman–Crippen MR) is 70.0 cm³/mol. The average Bonchev–Trinajstić information content (AvgIpc) is 2.69. The number of rotatable bonds is 4. The number of aromatic nitrogens is 2. The van der Waals surface area contributed by atoms with Crippen LogP contribution in [0.3, 0.4) is 0 Å². The van der Waals surface area contributed by atoms with Crippen LogP contribution in [0.1, 0.15) is 42.4 Å². The number of nitrogens with two attached hydrogens (primary N) is 1. The smallest absolute Gasteiger partial charge is 0.109 e. The minimum atomic E-state index is 0.659. The number of hydrogen-bond donors (Lipinski definition) is 2. The molecule has 0 atom stereocenters. The van der Waals surface area contributed by atoms with Crippen LogP contribution in [0.2, 0.25) is 0 Å². The molecule has 16 heavy (non-hydrogen) atoms. The van der Waals surface area contributed by atoms with E-state index in [2.05, 4.69) is 23.7 Å². The topological polar surface area (TPSA) is 54.7 Å². The second-order valence-electron chi connectivity index (χ2n) is 4.47. The van der Waals surface area contributed by atoms with Gasteiger partial charge >= 0.3 is 0 Å². The van der Waals surface area contributed by atoms with E-state index in [1.54, 1.807) is 0 Å². The van der Waals surface area contributed by atoms with Crippen LogP contribution in [0, 0.1) is 6.92 Å². The van der Waals surface area contributed by atoms with Gasteiger partial charge in [-0.25, -0.2) is 4.98 Å².